The summed E-state index contributed by atoms with van der Waals surface area (Å²) in [6, 6.07) is -0.333. The summed E-state index contributed by atoms with van der Waals surface area (Å²) in [5.74, 6) is -0.230. The van der Waals surface area contributed by atoms with Crippen molar-refractivity contribution in [2.75, 3.05) is 0 Å². The second-order valence-corrected chi connectivity index (χ2v) is 3.49. The third-order valence-electron chi connectivity index (χ3n) is 1.67. The molecule has 4 N–H and O–H groups in total. The molecule has 0 heterocycles. The molecule has 4 nitrogen and oxygen atoms in total. The summed E-state index contributed by atoms with van der Waals surface area (Å²) < 4.78 is 2.78. The minimum absolute atomic E-state index is 0.142. The molecule has 1 unspecified atom stereocenters. The average molecular weight is 322 g/mol. The fourth-order valence-corrected chi connectivity index (χ4v) is 1.51. The summed E-state index contributed by atoms with van der Waals surface area (Å²) in [6.45, 7) is 3.45. The fourth-order valence-electron chi connectivity index (χ4n) is 0.894. The Balaban J connectivity index is 3.92. The maximum Gasteiger partial charge on any atom is 0.235 e. The number of amides is 1. The first-order valence-electron chi connectivity index (χ1n) is 4.45. The number of carbonyl (C=O) groups excluding carboxylic acids is 1. The summed E-state index contributed by atoms with van der Waals surface area (Å²) in [5, 5.41) is 9.18. The number of hydrogen-bond acceptors (Lipinski definition) is 3. The summed E-state index contributed by atoms with van der Waals surface area (Å²) in [5.41, 5.74) is 5.13. The van der Waals surface area contributed by atoms with Gasteiger partial charge in [-0.15, -0.1) is 0 Å². The number of nitrogens with two attached hydrogens (primary N) is 1. The van der Waals surface area contributed by atoms with Gasteiger partial charge in [0, 0.05) is 22.9 Å². The van der Waals surface area contributed by atoms with Crippen LogP contribution in [0.5, 0.6) is 0 Å². The highest BCUT2D eigenvalue weighted by molar-refractivity contribution is 14.1. The molecule has 0 fully saturated rings. The normalized spacial score (nSPS) is 14.1. The molecule has 0 aromatic rings. The van der Waals surface area contributed by atoms with Crippen LogP contribution in [-0.2, 0) is 4.79 Å². The highest BCUT2D eigenvalue weighted by Crippen LogP contribution is 2.01. The number of primary amides is 1. The Morgan fingerprint density at radius 2 is 2.33 bits per heavy atom. The van der Waals surface area contributed by atoms with E-state index < -0.39 is 0 Å². The van der Waals surface area contributed by atoms with Gasteiger partial charge in [-0.05, 0) is 25.0 Å². The third-order valence-corrected chi connectivity index (χ3v) is 2.43. The number of aliphatic hydroxyl groups excluding tert-OH is 1. The molecule has 0 aromatic heterocycles. The van der Waals surface area contributed by atoms with Crippen molar-refractivity contribution in [3.8, 4) is 0 Å². The van der Waals surface area contributed by atoms with Gasteiger partial charge in [0.05, 0.1) is 6.04 Å². The van der Waals surface area contributed by atoms with Crippen molar-refractivity contribution in [1.82, 2.24) is 3.53 Å². The molecule has 0 bridgehead atoms. The number of aliphatic hydroxyl groups is 1. The van der Waals surface area contributed by atoms with Crippen LogP contribution in [0.1, 0.15) is 12.8 Å². The molecule has 0 aliphatic heterocycles. The molecule has 5 heteroatoms. The molecule has 0 aliphatic rings. The highest BCUT2D eigenvalue weighted by Gasteiger charge is 2.11. The summed E-state index contributed by atoms with van der Waals surface area (Å²) in [6.07, 6.45) is 7.60. The van der Waals surface area contributed by atoms with E-state index in [2.05, 4.69) is 10.1 Å². The maximum atomic E-state index is 10.8. The number of nitrogens with one attached hydrogen (secondary N) is 1. The minimum Gasteiger partial charge on any atom is -0.508 e. The van der Waals surface area contributed by atoms with Crippen molar-refractivity contribution in [3.63, 3.8) is 0 Å². The molecule has 84 valence electrons. The highest BCUT2D eigenvalue weighted by atomic mass is 127. The zero-order valence-corrected chi connectivity index (χ0v) is 10.5. The van der Waals surface area contributed by atoms with Crippen LogP contribution in [-0.4, -0.2) is 17.1 Å². The van der Waals surface area contributed by atoms with Gasteiger partial charge in [-0.25, -0.2) is 3.53 Å². The van der Waals surface area contributed by atoms with E-state index in [0.717, 1.165) is 0 Å². The predicted octanol–water partition coefficient (Wildman–Crippen LogP) is 1.74. The zero-order chi connectivity index (χ0) is 11.7. The molecule has 1 atom stereocenters. The van der Waals surface area contributed by atoms with Crippen LogP contribution in [0.2, 0.25) is 0 Å². The Morgan fingerprint density at radius 1 is 1.67 bits per heavy atom. The number of carbonyl (C=O) groups is 1. The Bertz CT molecular complexity index is 275. The molecular formula is C10H15IN2O2. The summed E-state index contributed by atoms with van der Waals surface area (Å²) >= 11 is 1.89. The van der Waals surface area contributed by atoms with Gasteiger partial charge in [0.2, 0.25) is 5.91 Å². The Hall–Kier alpha value is -0.820. The van der Waals surface area contributed by atoms with Crippen molar-refractivity contribution in [1.29, 1.82) is 0 Å². The van der Waals surface area contributed by atoms with Gasteiger partial charge in [0.1, 0.15) is 5.76 Å². The van der Waals surface area contributed by atoms with Crippen LogP contribution >= 0.6 is 22.9 Å². The summed E-state index contributed by atoms with van der Waals surface area (Å²) in [7, 11) is 0. The average Bonchev–Trinajstić information content (AvgIpc) is 2.17. The smallest absolute Gasteiger partial charge is 0.235 e. The van der Waals surface area contributed by atoms with Crippen LogP contribution < -0.4 is 9.26 Å². The van der Waals surface area contributed by atoms with Gasteiger partial charge in [-0.2, -0.15) is 0 Å². The number of allylic oxidation sites excluding steroid dienone is 4. The monoisotopic (exact) mass is 322 g/mol. The van der Waals surface area contributed by atoms with Gasteiger partial charge in [0.25, 0.3) is 0 Å². The van der Waals surface area contributed by atoms with Gasteiger partial charge >= 0.3 is 0 Å². The largest absolute Gasteiger partial charge is 0.508 e. The number of hydrogen-bond donors (Lipinski definition) is 3. The van der Waals surface area contributed by atoms with Crippen molar-refractivity contribution in [2.24, 2.45) is 5.73 Å². The topological polar surface area (TPSA) is 75.3 Å². The maximum absolute atomic E-state index is 10.8. The molecule has 0 saturated heterocycles. The van der Waals surface area contributed by atoms with E-state index in [1.807, 2.05) is 22.9 Å². The molecule has 1 amide bonds. The molecule has 0 rings (SSSR count). The van der Waals surface area contributed by atoms with Crippen molar-refractivity contribution in [3.05, 3.63) is 36.6 Å². The van der Waals surface area contributed by atoms with Crippen LogP contribution in [0.3, 0.4) is 0 Å². The van der Waals surface area contributed by atoms with Crippen LogP contribution in [0.15, 0.2) is 36.6 Å². The minimum atomic E-state index is -0.372. The van der Waals surface area contributed by atoms with Gasteiger partial charge in [-0.1, -0.05) is 18.7 Å². The Morgan fingerprint density at radius 3 is 2.80 bits per heavy atom. The van der Waals surface area contributed by atoms with E-state index in [4.69, 9.17) is 5.73 Å². The first-order chi connectivity index (χ1) is 7.11. The van der Waals surface area contributed by atoms with Crippen LogP contribution in [0.4, 0.5) is 0 Å². The predicted molar refractivity (Wildman–Crippen MR) is 69.4 cm³/mol. The zero-order valence-electron chi connectivity index (χ0n) is 8.32. The standard InChI is InChI=1S/C10H15IN2O2/c1-2-5-8(14)6-3-4-7-9(13-11)10(12)15/h2-3,5-6,9,13-14H,1,4,7H2,(H2,12,15)/b6-3-,8-5+. The van der Waals surface area contributed by atoms with E-state index in [0.29, 0.717) is 12.8 Å². The Labute approximate surface area is 103 Å². The molecule has 0 spiro atoms. The molecular weight excluding hydrogens is 307 g/mol. The first kappa shape index (κ1) is 14.2. The van der Waals surface area contributed by atoms with Crippen LogP contribution in [0.25, 0.3) is 0 Å². The second kappa shape index (κ2) is 8.49. The van der Waals surface area contributed by atoms with Gasteiger partial charge < -0.3 is 10.8 Å². The lowest BCUT2D eigenvalue weighted by Crippen LogP contribution is -2.35. The molecule has 0 aliphatic carbocycles. The van der Waals surface area contributed by atoms with Gasteiger partial charge in [0.15, 0.2) is 0 Å². The van der Waals surface area contributed by atoms with Crippen LogP contribution in [0, 0.1) is 0 Å². The molecule has 0 radical (unpaired) electrons. The van der Waals surface area contributed by atoms with E-state index in [9.17, 15) is 9.90 Å². The number of halogens is 1. The summed E-state index contributed by atoms with van der Waals surface area (Å²) in [4.78, 5) is 10.8. The van der Waals surface area contributed by atoms with E-state index in [1.54, 1.807) is 12.2 Å². The number of rotatable bonds is 7. The van der Waals surface area contributed by atoms with E-state index >= 15 is 0 Å². The molecule has 0 aromatic carbocycles. The quantitative estimate of drug-likeness (QED) is 0.289. The van der Waals surface area contributed by atoms with Crippen molar-refractivity contribution < 1.29 is 9.90 Å². The lowest BCUT2D eigenvalue weighted by molar-refractivity contribution is -0.119. The molecule has 0 saturated carbocycles. The molecule has 15 heavy (non-hydrogen) atoms. The lowest BCUT2D eigenvalue weighted by Gasteiger charge is -2.08. The van der Waals surface area contributed by atoms with Crippen molar-refractivity contribution in [2.45, 2.75) is 18.9 Å². The lowest BCUT2D eigenvalue weighted by atomic mass is 10.1. The van der Waals surface area contributed by atoms with E-state index in [1.165, 1.54) is 12.2 Å². The third kappa shape index (κ3) is 7.15. The fraction of sp³-hybridized carbons (Fsp3) is 0.300. The first-order valence-corrected chi connectivity index (χ1v) is 5.53. The second-order valence-electron chi connectivity index (χ2n) is 2.87. The van der Waals surface area contributed by atoms with Crippen molar-refractivity contribution >= 4 is 28.8 Å². The SMILES string of the molecule is C=C/C=C(O)\C=C/CCC(NI)C(N)=O. The van der Waals surface area contributed by atoms with Gasteiger partial charge in [-0.3, -0.25) is 4.79 Å². The van der Waals surface area contributed by atoms with E-state index in [-0.39, 0.29) is 17.7 Å². The Kier molecular flexibility index (Phi) is 8.02.